The smallest absolute Gasteiger partial charge is 0.311 e. The van der Waals surface area contributed by atoms with Gasteiger partial charge in [0.1, 0.15) is 18.0 Å². The van der Waals surface area contributed by atoms with Crippen LogP contribution in [0.4, 0.5) is 0 Å². The first kappa shape index (κ1) is 17.2. The molecule has 0 spiro atoms. The van der Waals surface area contributed by atoms with Crippen LogP contribution in [0.2, 0.25) is 0 Å². The van der Waals surface area contributed by atoms with Gasteiger partial charge in [-0.15, -0.1) is 0 Å². The molecule has 0 N–H and O–H groups in total. The van der Waals surface area contributed by atoms with Gasteiger partial charge >= 0.3 is 5.97 Å². The highest BCUT2D eigenvalue weighted by molar-refractivity contribution is 5.74. The van der Waals surface area contributed by atoms with Gasteiger partial charge in [0.2, 0.25) is 0 Å². The lowest BCUT2D eigenvalue weighted by atomic mass is 9.92. The van der Waals surface area contributed by atoms with E-state index in [9.17, 15) is 4.79 Å². The van der Waals surface area contributed by atoms with Crippen molar-refractivity contribution in [3.63, 3.8) is 0 Å². The summed E-state index contributed by atoms with van der Waals surface area (Å²) in [5.41, 5.74) is 1.00. The van der Waals surface area contributed by atoms with Crippen LogP contribution in [0.15, 0.2) is 24.3 Å². The van der Waals surface area contributed by atoms with Gasteiger partial charge in [0.25, 0.3) is 0 Å². The lowest BCUT2D eigenvalue weighted by Crippen LogP contribution is -2.61. The SMILES string of the molecule is COc1ccc(CO[C@H]2[C@@H]3OC(C)(C)OC[C@H]3OC(=O)[C@@H]2C)cc1. The van der Waals surface area contributed by atoms with Gasteiger partial charge in [-0.2, -0.15) is 0 Å². The molecule has 2 aliphatic rings. The van der Waals surface area contributed by atoms with Gasteiger partial charge in [-0.1, -0.05) is 12.1 Å². The topological polar surface area (TPSA) is 63.2 Å². The molecular weight excluding hydrogens is 312 g/mol. The molecule has 0 aromatic heterocycles. The predicted molar refractivity (Wildman–Crippen MR) is 85.5 cm³/mol. The van der Waals surface area contributed by atoms with E-state index < -0.39 is 17.8 Å². The normalized spacial score (nSPS) is 31.9. The molecule has 0 radical (unpaired) electrons. The Bertz CT molecular complexity index is 582. The van der Waals surface area contributed by atoms with Crippen molar-refractivity contribution < 1.29 is 28.5 Å². The Balaban J connectivity index is 1.71. The van der Waals surface area contributed by atoms with Crippen LogP contribution in [-0.2, 0) is 30.3 Å². The first-order valence-electron chi connectivity index (χ1n) is 8.16. The van der Waals surface area contributed by atoms with Gasteiger partial charge in [-0.05, 0) is 38.5 Å². The molecule has 1 aromatic carbocycles. The lowest BCUT2D eigenvalue weighted by Gasteiger charge is -2.47. The fourth-order valence-electron chi connectivity index (χ4n) is 3.02. The summed E-state index contributed by atoms with van der Waals surface area (Å²) in [6.07, 6.45) is -1.14. The average Bonchev–Trinajstić information content (AvgIpc) is 2.56. The number of carbonyl (C=O) groups excluding carboxylic acids is 1. The van der Waals surface area contributed by atoms with Gasteiger partial charge in [-0.25, -0.2) is 0 Å². The van der Waals surface area contributed by atoms with E-state index in [0.717, 1.165) is 11.3 Å². The molecule has 2 aliphatic heterocycles. The summed E-state index contributed by atoms with van der Waals surface area (Å²) in [7, 11) is 1.63. The molecule has 0 unspecified atom stereocenters. The van der Waals surface area contributed by atoms with E-state index in [0.29, 0.717) is 13.2 Å². The van der Waals surface area contributed by atoms with Crippen LogP contribution in [0.1, 0.15) is 26.3 Å². The van der Waals surface area contributed by atoms with Gasteiger partial charge in [0.15, 0.2) is 11.9 Å². The Hall–Kier alpha value is -1.63. The van der Waals surface area contributed by atoms with E-state index in [1.807, 2.05) is 45.0 Å². The van der Waals surface area contributed by atoms with E-state index in [-0.39, 0.29) is 18.2 Å². The maximum Gasteiger partial charge on any atom is 0.311 e. The molecule has 0 aliphatic carbocycles. The predicted octanol–water partition coefficient (Wildman–Crippen LogP) is 2.29. The van der Waals surface area contributed by atoms with Crippen LogP contribution in [0.25, 0.3) is 0 Å². The standard InChI is InChI=1S/C18H24O6/c1-11-15(21-9-12-5-7-13(20-4)8-6-12)16-14(23-17(11)19)10-22-18(2,3)24-16/h5-8,11,14-16H,9-10H2,1-4H3/t11-,14-,15-,16-/m1/s1. The number of esters is 1. The summed E-state index contributed by atoms with van der Waals surface area (Å²) in [6.45, 7) is 6.22. The van der Waals surface area contributed by atoms with E-state index in [1.165, 1.54) is 0 Å². The van der Waals surface area contributed by atoms with E-state index in [2.05, 4.69) is 0 Å². The molecule has 0 amide bonds. The molecule has 24 heavy (non-hydrogen) atoms. The van der Waals surface area contributed by atoms with Crippen molar-refractivity contribution in [1.82, 2.24) is 0 Å². The number of methoxy groups -OCH3 is 1. The minimum absolute atomic E-state index is 0.275. The fourth-order valence-corrected chi connectivity index (χ4v) is 3.02. The van der Waals surface area contributed by atoms with Crippen molar-refractivity contribution in [1.29, 1.82) is 0 Å². The highest BCUT2D eigenvalue weighted by atomic mass is 16.7. The Kier molecular flexibility index (Phi) is 4.80. The van der Waals surface area contributed by atoms with Gasteiger partial charge in [-0.3, -0.25) is 4.79 Å². The highest BCUT2D eigenvalue weighted by Gasteiger charge is 2.50. The zero-order chi connectivity index (χ0) is 17.3. The Labute approximate surface area is 142 Å². The molecule has 2 saturated heterocycles. The molecule has 6 heteroatoms. The summed E-state index contributed by atoms with van der Waals surface area (Å²) < 4.78 is 28.2. The second-order valence-electron chi connectivity index (χ2n) is 6.68. The van der Waals surface area contributed by atoms with Crippen molar-refractivity contribution in [3.05, 3.63) is 29.8 Å². The summed E-state index contributed by atoms with van der Waals surface area (Å²) >= 11 is 0. The summed E-state index contributed by atoms with van der Waals surface area (Å²) in [6, 6.07) is 7.65. The monoisotopic (exact) mass is 336 g/mol. The quantitative estimate of drug-likeness (QED) is 0.786. The Morgan fingerprint density at radius 1 is 1.25 bits per heavy atom. The summed E-state index contributed by atoms with van der Waals surface area (Å²) in [4.78, 5) is 12.1. The number of benzene rings is 1. The summed E-state index contributed by atoms with van der Waals surface area (Å²) in [5, 5.41) is 0. The molecule has 0 saturated carbocycles. The first-order chi connectivity index (χ1) is 11.4. The van der Waals surface area contributed by atoms with Crippen molar-refractivity contribution in [2.75, 3.05) is 13.7 Å². The largest absolute Gasteiger partial charge is 0.497 e. The van der Waals surface area contributed by atoms with Crippen LogP contribution in [-0.4, -0.2) is 43.8 Å². The van der Waals surface area contributed by atoms with Crippen molar-refractivity contribution in [2.45, 2.75) is 51.5 Å². The second-order valence-corrected chi connectivity index (χ2v) is 6.68. The molecule has 0 bridgehead atoms. The van der Waals surface area contributed by atoms with Crippen molar-refractivity contribution >= 4 is 5.97 Å². The van der Waals surface area contributed by atoms with Crippen LogP contribution in [0, 0.1) is 5.92 Å². The number of hydrogen-bond donors (Lipinski definition) is 0. The zero-order valence-corrected chi connectivity index (χ0v) is 14.5. The maximum atomic E-state index is 12.1. The molecule has 6 nitrogen and oxygen atoms in total. The highest BCUT2D eigenvalue weighted by Crippen LogP contribution is 2.34. The number of hydrogen-bond acceptors (Lipinski definition) is 6. The minimum Gasteiger partial charge on any atom is -0.497 e. The number of fused-ring (bicyclic) bond motifs is 1. The van der Waals surface area contributed by atoms with Crippen LogP contribution >= 0.6 is 0 Å². The van der Waals surface area contributed by atoms with E-state index in [4.69, 9.17) is 23.7 Å². The Morgan fingerprint density at radius 3 is 2.62 bits per heavy atom. The van der Waals surface area contributed by atoms with Gasteiger partial charge in [0.05, 0.1) is 26.2 Å². The Morgan fingerprint density at radius 2 is 1.96 bits per heavy atom. The number of carbonyl (C=O) groups is 1. The molecule has 132 valence electrons. The van der Waals surface area contributed by atoms with Crippen molar-refractivity contribution in [3.8, 4) is 5.75 Å². The lowest BCUT2D eigenvalue weighted by molar-refractivity contribution is -0.337. The number of rotatable bonds is 4. The maximum absolute atomic E-state index is 12.1. The second kappa shape index (κ2) is 6.70. The van der Waals surface area contributed by atoms with Crippen LogP contribution in [0.5, 0.6) is 5.75 Å². The molecular formula is C18H24O6. The zero-order valence-electron chi connectivity index (χ0n) is 14.5. The first-order valence-corrected chi connectivity index (χ1v) is 8.16. The molecule has 1 aromatic rings. The fraction of sp³-hybridized carbons (Fsp3) is 0.611. The molecule has 2 fully saturated rings. The van der Waals surface area contributed by atoms with E-state index >= 15 is 0 Å². The van der Waals surface area contributed by atoms with Crippen LogP contribution in [0.3, 0.4) is 0 Å². The van der Waals surface area contributed by atoms with Gasteiger partial charge in [0, 0.05) is 0 Å². The third-order valence-corrected chi connectivity index (χ3v) is 4.44. The molecule has 2 heterocycles. The summed E-state index contributed by atoms with van der Waals surface area (Å²) in [5.74, 6) is -0.587. The molecule has 3 rings (SSSR count). The third-order valence-electron chi connectivity index (χ3n) is 4.44. The van der Waals surface area contributed by atoms with E-state index in [1.54, 1.807) is 7.11 Å². The molecule has 4 atom stereocenters. The minimum atomic E-state index is -0.716. The average molecular weight is 336 g/mol. The third kappa shape index (κ3) is 3.55. The number of ether oxygens (including phenoxy) is 5. The van der Waals surface area contributed by atoms with Gasteiger partial charge < -0.3 is 23.7 Å². The van der Waals surface area contributed by atoms with Crippen LogP contribution < -0.4 is 4.74 Å². The van der Waals surface area contributed by atoms with Crippen molar-refractivity contribution in [2.24, 2.45) is 5.92 Å².